The fourth-order valence-electron chi connectivity index (χ4n) is 3.64. The van der Waals surface area contributed by atoms with Crippen molar-refractivity contribution in [2.45, 2.75) is 38.1 Å². The summed E-state index contributed by atoms with van der Waals surface area (Å²) in [5, 5.41) is 3.48. The second kappa shape index (κ2) is 10.9. The molecule has 1 N–H and O–H groups in total. The van der Waals surface area contributed by atoms with E-state index in [0.29, 0.717) is 16.6 Å². The molecule has 0 spiro atoms. The van der Waals surface area contributed by atoms with Crippen LogP contribution in [0.3, 0.4) is 0 Å². The van der Waals surface area contributed by atoms with Gasteiger partial charge in [0, 0.05) is 5.02 Å². The van der Waals surface area contributed by atoms with Gasteiger partial charge in [0.15, 0.2) is 0 Å². The Kier molecular flexibility index (Phi) is 8.16. The quantitative estimate of drug-likeness (QED) is 0.420. The van der Waals surface area contributed by atoms with Crippen LogP contribution < -0.4 is 9.62 Å². The number of hydrogen-bond acceptors (Lipinski definition) is 3. The van der Waals surface area contributed by atoms with Crippen LogP contribution in [0.1, 0.15) is 37.4 Å². The van der Waals surface area contributed by atoms with Crippen molar-refractivity contribution < 1.29 is 13.2 Å². The second-order valence-corrected chi connectivity index (χ2v) is 10.8. The van der Waals surface area contributed by atoms with Gasteiger partial charge in [0.05, 0.1) is 16.6 Å². The Balaban J connectivity index is 1.92. The topological polar surface area (TPSA) is 66.5 Å². The van der Waals surface area contributed by atoms with Gasteiger partial charge in [0.1, 0.15) is 6.54 Å². The first kappa shape index (κ1) is 24.8. The van der Waals surface area contributed by atoms with Crippen LogP contribution in [0.2, 0.25) is 5.02 Å². The van der Waals surface area contributed by atoms with Crippen molar-refractivity contribution in [1.82, 2.24) is 5.32 Å². The summed E-state index contributed by atoms with van der Waals surface area (Å²) >= 11 is 5.95. The average Bonchev–Trinajstić information content (AvgIpc) is 2.77. The molecule has 3 aromatic carbocycles. The smallest absolute Gasteiger partial charge is 0.264 e. The minimum absolute atomic E-state index is 0.0722. The number of aryl methyl sites for hydroxylation is 1. The molecule has 0 heterocycles. The molecule has 5 nitrogen and oxygen atoms in total. The van der Waals surface area contributed by atoms with Gasteiger partial charge in [-0.15, -0.1) is 0 Å². The molecule has 0 bridgehead atoms. The molecule has 1 unspecified atom stereocenters. The molecule has 1 amide bonds. The van der Waals surface area contributed by atoms with E-state index in [9.17, 15) is 13.2 Å². The van der Waals surface area contributed by atoms with Gasteiger partial charge >= 0.3 is 0 Å². The number of nitrogens with zero attached hydrogens (tertiary/aromatic N) is 1. The molecule has 3 rings (SSSR count). The molecule has 0 aliphatic rings. The number of sulfonamides is 1. The first-order valence-corrected chi connectivity index (χ1v) is 12.7. The number of hydrogen-bond donors (Lipinski definition) is 1. The zero-order valence-electron chi connectivity index (χ0n) is 19.0. The largest absolute Gasteiger partial charge is 0.348 e. The highest BCUT2D eigenvalue weighted by Crippen LogP contribution is 2.26. The first-order valence-electron chi connectivity index (χ1n) is 10.9. The Morgan fingerprint density at radius 1 is 0.970 bits per heavy atom. The lowest BCUT2D eigenvalue weighted by atomic mass is 9.97. The standard InChI is InChI=1S/C26H29ClN2O3S/c1-19(2)16-25(21-9-5-4-6-10-21)28-26(30)18-29(23-11-7-8-20(3)17-23)33(31,32)24-14-12-22(27)13-15-24/h4-15,17,19,25H,16,18H2,1-3H3,(H,28,30). The molecule has 174 valence electrons. The van der Waals surface area contributed by atoms with E-state index in [1.165, 1.54) is 24.3 Å². The van der Waals surface area contributed by atoms with E-state index in [-0.39, 0.29) is 23.4 Å². The number of amides is 1. The number of nitrogens with one attached hydrogen (secondary N) is 1. The highest BCUT2D eigenvalue weighted by molar-refractivity contribution is 7.92. The minimum atomic E-state index is -3.99. The van der Waals surface area contributed by atoms with Crippen LogP contribution >= 0.6 is 11.6 Å². The first-order chi connectivity index (χ1) is 15.7. The van der Waals surface area contributed by atoms with Gasteiger partial charge in [-0.05, 0) is 66.8 Å². The van der Waals surface area contributed by atoms with Crippen molar-refractivity contribution in [3.8, 4) is 0 Å². The third kappa shape index (κ3) is 6.59. The molecule has 1 atom stereocenters. The van der Waals surface area contributed by atoms with Gasteiger partial charge in [-0.25, -0.2) is 8.42 Å². The third-order valence-electron chi connectivity index (χ3n) is 5.22. The molecule has 0 saturated heterocycles. The van der Waals surface area contributed by atoms with Crippen molar-refractivity contribution in [3.63, 3.8) is 0 Å². The van der Waals surface area contributed by atoms with E-state index >= 15 is 0 Å². The van der Waals surface area contributed by atoms with Crippen LogP contribution in [0.5, 0.6) is 0 Å². The number of rotatable bonds is 9. The summed E-state index contributed by atoms with van der Waals surface area (Å²) in [7, 11) is -3.99. The zero-order valence-corrected chi connectivity index (χ0v) is 20.6. The van der Waals surface area contributed by atoms with E-state index in [2.05, 4.69) is 19.2 Å². The van der Waals surface area contributed by atoms with Gasteiger partial charge in [-0.2, -0.15) is 0 Å². The van der Waals surface area contributed by atoms with Gasteiger partial charge in [-0.1, -0.05) is 67.9 Å². The van der Waals surface area contributed by atoms with E-state index in [1.54, 1.807) is 18.2 Å². The molecule has 0 aromatic heterocycles. The van der Waals surface area contributed by atoms with E-state index in [1.807, 2.05) is 43.3 Å². The Hall–Kier alpha value is -2.83. The van der Waals surface area contributed by atoms with Crippen LogP contribution in [0, 0.1) is 12.8 Å². The lowest BCUT2D eigenvalue weighted by Crippen LogP contribution is -2.42. The van der Waals surface area contributed by atoms with Crippen LogP contribution in [-0.4, -0.2) is 20.9 Å². The summed E-state index contributed by atoms with van der Waals surface area (Å²) in [4.78, 5) is 13.2. The predicted octanol–water partition coefficient (Wildman–Crippen LogP) is 5.75. The van der Waals surface area contributed by atoms with Crippen molar-refractivity contribution in [2.75, 3.05) is 10.8 Å². The highest BCUT2D eigenvalue weighted by Gasteiger charge is 2.28. The van der Waals surface area contributed by atoms with E-state index in [0.717, 1.165) is 21.9 Å². The lowest BCUT2D eigenvalue weighted by Gasteiger charge is -2.27. The SMILES string of the molecule is Cc1cccc(N(CC(=O)NC(CC(C)C)c2ccccc2)S(=O)(=O)c2ccc(Cl)cc2)c1. The molecule has 33 heavy (non-hydrogen) atoms. The monoisotopic (exact) mass is 484 g/mol. The summed E-state index contributed by atoms with van der Waals surface area (Å²) in [6, 6.07) is 22.6. The highest BCUT2D eigenvalue weighted by atomic mass is 35.5. The average molecular weight is 485 g/mol. The number of carbonyl (C=O) groups is 1. The molecular weight excluding hydrogens is 456 g/mol. The maximum absolute atomic E-state index is 13.5. The number of anilines is 1. The van der Waals surface area contributed by atoms with Crippen LogP contribution in [-0.2, 0) is 14.8 Å². The van der Waals surface area contributed by atoms with E-state index in [4.69, 9.17) is 11.6 Å². The Labute approximate surface area is 201 Å². The summed E-state index contributed by atoms with van der Waals surface area (Å²) in [5.41, 5.74) is 2.31. The zero-order chi connectivity index (χ0) is 24.0. The Bertz CT molecular complexity index is 1180. The number of benzene rings is 3. The Morgan fingerprint density at radius 3 is 2.24 bits per heavy atom. The van der Waals surface area contributed by atoms with E-state index < -0.39 is 10.0 Å². The number of halogens is 1. The molecule has 0 saturated carbocycles. The van der Waals surface area contributed by atoms with Gasteiger partial charge < -0.3 is 5.32 Å². The molecule has 3 aromatic rings. The van der Waals surface area contributed by atoms with Gasteiger partial charge in [-0.3, -0.25) is 9.10 Å². The molecule has 0 aliphatic heterocycles. The van der Waals surface area contributed by atoms with Crippen molar-refractivity contribution >= 4 is 33.2 Å². The van der Waals surface area contributed by atoms with Gasteiger partial charge in [0.25, 0.3) is 10.0 Å². The molecule has 0 fully saturated rings. The Morgan fingerprint density at radius 2 is 1.64 bits per heavy atom. The third-order valence-corrected chi connectivity index (χ3v) is 7.26. The fraction of sp³-hybridized carbons (Fsp3) is 0.269. The summed E-state index contributed by atoms with van der Waals surface area (Å²) in [6.07, 6.45) is 0.740. The maximum atomic E-state index is 13.5. The fourth-order valence-corrected chi connectivity index (χ4v) is 5.18. The van der Waals surface area contributed by atoms with Crippen molar-refractivity contribution in [1.29, 1.82) is 0 Å². The second-order valence-electron chi connectivity index (χ2n) is 8.46. The number of carbonyl (C=O) groups excluding carboxylic acids is 1. The summed E-state index contributed by atoms with van der Waals surface area (Å²) in [6.45, 7) is 5.72. The minimum Gasteiger partial charge on any atom is -0.348 e. The van der Waals surface area contributed by atoms with Crippen LogP contribution in [0.25, 0.3) is 0 Å². The molecule has 0 aliphatic carbocycles. The van der Waals surface area contributed by atoms with Crippen LogP contribution in [0.15, 0.2) is 83.8 Å². The van der Waals surface area contributed by atoms with Gasteiger partial charge in [0.2, 0.25) is 5.91 Å². The van der Waals surface area contributed by atoms with Crippen molar-refractivity contribution in [3.05, 3.63) is 95.0 Å². The maximum Gasteiger partial charge on any atom is 0.264 e. The lowest BCUT2D eigenvalue weighted by molar-refractivity contribution is -0.120. The molecule has 7 heteroatoms. The molecule has 0 radical (unpaired) electrons. The molecular formula is C26H29ClN2O3S. The van der Waals surface area contributed by atoms with Crippen LogP contribution in [0.4, 0.5) is 5.69 Å². The normalized spacial score (nSPS) is 12.4. The summed E-state index contributed by atoms with van der Waals surface area (Å²) in [5.74, 6) is -0.0234. The van der Waals surface area contributed by atoms with Crippen molar-refractivity contribution in [2.24, 2.45) is 5.92 Å². The summed E-state index contributed by atoms with van der Waals surface area (Å²) < 4.78 is 28.2. The predicted molar refractivity (Wildman–Crippen MR) is 134 cm³/mol.